The molecule has 33 heavy (non-hydrogen) atoms. The summed E-state index contributed by atoms with van der Waals surface area (Å²) in [6, 6.07) is 0. The number of allylic oxidation sites excluding steroid dienone is 4. The summed E-state index contributed by atoms with van der Waals surface area (Å²) in [6.07, 6.45) is 9.95. The molecule has 4 nitrogen and oxygen atoms in total. The van der Waals surface area contributed by atoms with Crippen LogP contribution in [-0.4, -0.2) is 23.3 Å². The predicted molar refractivity (Wildman–Crippen MR) is 136 cm³/mol. The highest BCUT2D eigenvalue weighted by Crippen LogP contribution is 2.35. The van der Waals surface area contributed by atoms with Gasteiger partial charge < -0.3 is 4.74 Å². The third-order valence-electron chi connectivity index (χ3n) is 5.83. The van der Waals surface area contributed by atoms with Gasteiger partial charge in [0.2, 0.25) is 0 Å². The minimum absolute atomic E-state index is 0.126. The zero-order chi connectivity index (χ0) is 25.2. The van der Waals surface area contributed by atoms with Gasteiger partial charge in [0.1, 0.15) is 0 Å². The van der Waals surface area contributed by atoms with Crippen LogP contribution >= 0.6 is 0 Å². The van der Waals surface area contributed by atoms with Gasteiger partial charge in [0.25, 0.3) is 0 Å². The zero-order valence-corrected chi connectivity index (χ0v) is 22.5. The molecule has 1 rings (SSSR count). The SMILES string of the molecule is C=C(C)C(=O)OC(C#CC(C)(C)OOC(C)(C)CCC)C1CC=C(CCC=C(C)C)CC1C. The lowest BCUT2D eigenvalue weighted by Gasteiger charge is -2.32. The van der Waals surface area contributed by atoms with E-state index in [2.05, 4.69) is 58.3 Å². The van der Waals surface area contributed by atoms with E-state index in [1.54, 1.807) is 6.92 Å². The molecule has 0 spiro atoms. The van der Waals surface area contributed by atoms with Crippen LogP contribution in [0.1, 0.15) is 101 Å². The summed E-state index contributed by atoms with van der Waals surface area (Å²) in [5.74, 6) is 6.45. The lowest BCUT2D eigenvalue weighted by Crippen LogP contribution is -2.34. The van der Waals surface area contributed by atoms with E-state index in [0.29, 0.717) is 11.5 Å². The van der Waals surface area contributed by atoms with Crippen LogP contribution in [0.3, 0.4) is 0 Å². The maximum atomic E-state index is 12.4. The van der Waals surface area contributed by atoms with Crippen molar-refractivity contribution in [1.82, 2.24) is 0 Å². The molecule has 0 aromatic rings. The van der Waals surface area contributed by atoms with Gasteiger partial charge in [-0.25, -0.2) is 14.6 Å². The molecule has 0 radical (unpaired) electrons. The zero-order valence-electron chi connectivity index (χ0n) is 22.5. The van der Waals surface area contributed by atoms with Crippen molar-refractivity contribution in [2.45, 2.75) is 118 Å². The molecule has 0 heterocycles. The number of carbonyl (C=O) groups is 1. The Balaban J connectivity index is 2.99. The minimum atomic E-state index is -0.831. The summed E-state index contributed by atoms with van der Waals surface area (Å²) in [6.45, 7) is 21.7. The Labute approximate surface area is 202 Å². The Kier molecular flexibility index (Phi) is 11.6. The average molecular weight is 459 g/mol. The van der Waals surface area contributed by atoms with Crippen molar-refractivity contribution in [1.29, 1.82) is 0 Å². The predicted octanol–water partition coefficient (Wildman–Crippen LogP) is 7.50. The first kappa shape index (κ1) is 29.2. The molecule has 186 valence electrons. The molecule has 0 fully saturated rings. The molecule has 0 aliphatic heterocycles. The van der Waals surface area contributed by atoms with Gasteiger partial charge in [0.05, 0.1) is 5.60 Å². The number of hydrogen-bond donors (Lipinski definition) is 0. The van der Waals surface area contributed by atoms with Crippen LogP contribution in [0.4, 0.5) is 0 Å². The van der Waals surface area contributed by atoms with E-state index < -0.39 is 17.7 Å². The molecule has 0 amide bonds. The summed E-state index contributed by atoms with van der Waals surface area (Å²) >= 11 is 0. The molecule has 0 aromatic carbocycles. The van der Waals surface area contributed by atoms with Crippen LogP contribution in [0.15, 0.2) is 35.5 Å². The molecule has 0 saturated heterocycles. The number of rotatable bonds is 11. The smallest absolute Gasteiger partial charge is 0.334 e. The lowest BCUT2D eigenvalue weighted by atomic mass is 9.76. The largest absolute Gasteiger partial charge is 0.445 e. The fourth-order valence-corrected chi connectivity index (χ4v) is 3.92. The van der Waals surface area contributed by atoms with E-state index in [1.165, 1.54) is 11.1 Å². The van der Waals surface area contributed by atoms with E-state index in [4.69, 9.17) is 14.5 Å². The van der Waals surface area contributed by atoms with Crippen LogP contribution in [0.25, 0.3) is 0 Å². The average Bonchev–Trinajstić information content (AvgIpc) is 2.70. The van der Waals surface area contributed by atoms with E-state index >= 15 is 0 Å². The lowest BCUT2D eigenvalue weighted by molar-refractivity contribution is -0.389. The Morgan fingerprint density at radius 3 is 2.45 bits per heavy atom. The van der Waals surface area contributed by atoms with Gasteiger partial charge in [-0.1, -0.05) is 62.0 Å². The number of carbonyl (C=O) groups excluding carboxylic acids is 1. The van der Waals surface area contributed by atoms with Gasteiger partial charge in [-0.2, -0.15) is 0 Å². The molecule has 4 heteroatoms. The number of ether oxygens (including phenoxy) is 1. The first-order chi connectivity index (χ1) is 15.3. The van der Waals surface area contributed by atoms with Gasteiger partial charge in [-0.05, 0) is 86.5 Å². The van der Waals surface area contributed by atoms with Gasteiger partial charge in [-0.3, -0.25) is 0 Å². The van der Waals surface area contributed by atoms with E-state index in [1.807, 2.05) is 27.7 Å². The first-order valence-electron chi connectivity index (χ1n) is 12.3. The van der Waals surface area contributed by atoms with Gasteiger partial charge in [0.15, 0.2) is 11.7 Å². The minimum Gasteiger partial charge on any atom is -0.445 e. The molecule has 0 saturated carbocycles. The van der Waals surface area contributed by atoms with Crippen molar-refractivity contribution < 1.29 is 19.3 Å². The normalized spacial score (nSPS) is 19.6. The van der Waals surface area contributed by atoms with Crippen LogP contribution in [0.2, 0.25) is 0 Å². The molecule has 0 N–H and O–H groups in total. The van der Waals surface area contributed by atoms with Crippen LogP contribution in [0.5, 0.6) is 0 Å². The van der Waals surface area contributed by atoms with Crippen molar-refractivity contribution in [2.75, 3.05) is 0 Å². The maximum Gasteiger partial charge on any atom is 0.334 e. The first-order valence-corrected chi connectivity index (χ1v) is 12.3. The molecular weight excluding hydrogens is 412 g/mol. The van der Waals surface area contributed by atoms with Gasteiger partial charge >= 0.3 is 5.97 Å². The second kappa shape index (κ2) is 13.2. The quantitative estimate of drug-likeness (QED) is 0.0803. The third-order valence-corrected chi connectivity index (χ3v) is 5.83. The second-order valence-corrected chi connectivity index (χ2v) is 10.8. The van der Waals surface area contributed by atoms with Crippen molar-refractivity contribution in [3.05, 3.63) is 35.5 Å². The van der Waals surface area contributed by atoms with Crippen molar-refractivity contribution in [3.8, 4) is 11.8 Å². The van der Waals surface area contributed by atoms with E-state index in [9.17, 15) is 4.79 Å². The Morgan fingerprint density at radius 1 is 1.24 bits per heavy atom. The number of esters is 1. The highest BCUT2D eigenvalue weighted by atomic mass is 17.2. The van der Waals surface area contributed by atoms with Crippen molar-refractivity contribution in [2.24, 2.45) is 11.8 Å². The fraction of sp³-hybridized carbons (Fsp3) is 0.690. The van der Waals surface area contributed by atoms with Crippen LogP contribution in [0, 0.1) is 23.7 Å². The topological polar surface area (TPSA) is 44.8 Å². The fourth-order valence-electron chi connectivity index (χ4n) is 3.92. The van der Waals surface area contributed by atoms with Crippen molar-refractivity contribution >= 4 is 5.97 Å². The summed E-state index contributed by atoms with van der Waals surface area (Å²) in [5, 5.41) is 0. The van der Waals surface area contributed by atoms with Crippen LogP contribution < -0.4 is 0 Å². The highest BCUT2D eigenvalue weighted by Gasteiger charge is 2.32. The van der Waals surface area contributed by atoms with E-state index in [0.717, 1.165) is 38.5 Å². The highest BCUT2D eigenvalue weighted by molar-refractivity contribution is 5.87. The Bertz CT molecular complexity index is 784. The summed E-state index contributed by atoms with van der Waals surface area (Å²) in [4.78, 5) is 23.7. The molecule has 0 bridgehead atoms. The maximum absolute atomic E-state index is 12.4. The second-order valence-electron chi connectivity index (χ2n) is 10.8. The van der Waals surface area contributed by atoms with Crippen LogP contribution in [-0.2, 0) is 19.3 Å². The molecule has 3 unspecified atom stereocenters. The van der Waals surface area contributed by atoms with Crippen molar-refractivity contribution in [3.63, 3.8) is 0 Å². The molecule has 1 aliphatic rings. The molecule has 1 aliphatic carbocycles. The van der Waals surface area contributed by atoms with Gasteiger partial charge in [0, 0.05) is 11.5 Å². The summed E-state index contributed by atoms with van der Waals surface area (Å²) in [7, 11) is 0. The van der Waals surface area contributed by atoms with Gasteiger partial charge in [-0.15, -0.1) is 0 Å². The molecule has 0 aromatic heterocycles. The third kappa shape index (κ3) is 11.2. The molecular formula is C29H46O4. The summed E-state index contributed by atoms with van der Waals surface area (Å²) < 4.78 is 5.80. The number of hydrogen-bond acceptors (Lipinski definition) is 4. The Morgan fingerprint density at radius 2 is 1.91 bits per heavy atom. The standard InChI is InChI=1S/C29H46O4/c1-11-18-28(7,8)32-33-29(9,10)19-17-26(31-27(30)22(4)5)25-16-15-24(20-23(25)6)14-12-13-21(2)3/h13,15,23,25-26H,4,11-12,14,16,18,20H2,1-3,5-10H3. The summed E-state index contributed by atoms with van der Waals surface area (Å²) in [5.41, 5.74) is 1.99. The molecule has 3 atom stereocenters. The van der Waals surface area contributed by atoms with E-state index in [-0.39, 0.29) is 11.5 Å². The monoisotopic (exact) mass is 458 g/mol. The Hall–Kier alpha value is -1.83.